The Bertz CT molecular complexity index is 570. The van der Waals surface area contributed by atoms with E-state index in [4.69, 9.17) is 15.2 Å². The molecule has 2 aromatic rings. The number of benzene rings is 2. The molecule has 0 saturated heterocycles. The number of nitrogens with two attached hydrogens (primary N) is 1. The molecule has 0 saturated carbocycles. The monoisotopic (exact) mass is 272 g/mol. The standard InChI is InChI=1S/C16H20N2O2/c1-3-19-14-7-5-6-12(10-14)18-13-8-9-15(17)16(11-13)20-4-2/h5-11,18H,3-4,17H2,1-2H3. The maximum atomic E-state index is 5.86. The van der Waals surface area contributed by atoms with Crippen LogP contribution in [0.2, 0.25) is 0 Å². The average molecular weight is 272 g/mol. The molecule has 3 N–H and O–H groups in total. The van der Waals surface area contributed by atoms with Gasteiger partial charge >= 0.3 is 0 Å². The summed E-state index contributed by atoms with van der Waals surface area (Å²) < 4.78 is 11.0. The van der Waals surface area contributed by atoms with Crippen LogP contribution in [0.25, 0.3) is 0 Å². The molecule has 0 aliphatic carbocycles. The first-order valence-electron chi connectivity index (χ1n) is 6.75. The van der Waals surface area contributed by atoms with Gasteiger partial charge in [-0.05, 0) is 38.1 Å². The maximum absolute atomic E-state index is 5.86. The van der Waals surface area contributed by atoms with Gasteiger partial charge in [-0.3, -0.25) is 0 Å². The fourth-order valence-electron chi connectivity index (χ4n) is 1.89. The molecule has 4 nitrogen and oxygen atoms in total. The number of nitrogens with one attached hydrogen (secondary N) is 1. The van der Waals surface area contributed by atoms with E-state index in [0.717, 1.165) is 17.1 Å². The van der Waals surface area contributed by atoms with Crippen LogP contribution in [0.1, 0.15) is 13.8 Å². The Morgan fingerprint density at radius 1 is 0.950 bits per heavy atom. The van der Waals surface area contributed by atoms with Gasteiger partial charge in [0.25, 0.3) is 0 Å². The van der Waals surface area contributed by atoms with Crippen molar-refractivity contribution in [1.29, 1.82) is 0 Å². The van der Waals surface area contributed by atoms with Gasteiger partial charge in [-0.2, -0.15) is 0 Å². The lowest BCUT2D eigenvalue weighted by Gasteiger charge is -2.12. The maximum Gasteiger partial charge on any atom is 0.144 e. The third-order valence-corrected chi connectivity index (χ3v) is 2.75. The molecule has 0 spiro atoms. The Kier molecular flexibility index (Phi) is 4.71. The SMILES string of the molecule is CCOc1cccc(Nc2ccc(N)c(OCC)c2)c1. The van der Waals surface area contributed by atoms with Gasteiger partial charge in [-0.15, -0.1) is 0 Å². The van der Waals surface area contributed by atoms with Crippen molar-refractivity contribution in [3.63, 3.8) is 0 Å². The molecule has 2 aromatic carbocycles. The van der Waals surface area contributed by atoms with Crippen molar-refractivity contribution >= 4 is 17.1 Å². The zero-order valence-corrected chi connectivity index (χ0v) is 11.8. The highest BCUT2D eigenvalue weighted by molar-refractivity contribution is 5.67. The van der Waals surface area contributed by atoms with E-state index in [9.17, 15) is 0 Å². The van der Waals surface area contributed by atoms with Crippen molar-refractivity contribution in [3.05, 3.63) is 42.5 Å². The lowest BCUT2D eigenvalue weighted by Crippen LogP contribution is -1.98. The molecule has 0 radical (unpaired) electrons. The third-order valence-electron chi connectivity index (χ3n) is 2.75. The van der Waals surface area contributed by atoms with Crippen molar-refractivity contribution in [2.75, 3.05) is 24.3 Å². The topological polar surface area (TPSA) is 56.5 Å². The van der Waals surface area contributed by atoms with E-state index in [1.54, 1.807) is 0 Å². The predicted molar refractivity (Wildman–Crippen MR) is 82.9 cm³/mol. The Morgan fingerprint density at radius 2 is 1.70 bits per heavy atom. The summed E-state index contributed by atoms with van der Waals surface area (Å²) in [4.78, 5) is 0. The number of hydrogen-bond donors (Lipinski definition) is 2. The van der Waals surface area contributed by atoms with Gasteiger partial charge in [-0.1, -0.05) is 6.07 Å². The zero-order chi connectivity index (χ0) is 14.4. The third kappa shape index (κ3) is 3.57. The second-order valence-electron chi connectivity index (χ2n) is 4.27. The molecule has 0 aromatic heterocycles. The minimum Gasteiger partial charge on any atom is -0.494 e. The van der Waals surface area contributed by atoms with E-state index in [2.05, 4.69) is 5.32 Å². The first-order valence-corrected chi connectivity index (χ1v) is 6.75. The van der Waals surface area contributed by atoms with Gasteiger partial charge in [0.2, 0.25) is 0 Å². The highest BCUT2D eigenvalue weighted by Crippen LogP contribution is 2.28. The van der Waals surface area contributed by atoms with E-state index in [1.165, 1.54) is 0 Å². The molecule has 0 heterocycles. The fourth-order valence-corrected chi connectivity index (χ4v) is 1.89. The average Bonchev–Trinajstić information content (AvgIpc) is 2.44. The summed E-state index contributed by atoms with van der Waals surface area (Å²) >= 11 is 0. The normalized spacial score (nSPS) is 10.1. The summed E-state index contributed by atoms with van der Waals surface area (Å²) in [5, 5.41) is 3.31. The summed E-state index contributed by atoms with van der Waals surface area (Å²) in [5.74, 6) is 1.54. The highest BCUT2D eigenvalue weighted by atomic mass is 16.5. The Balaban J connectivity index is 2.17. The molecule has 106 valence electrons. The number of hydrogen-bond acceptors (Lipinski definition) is 4. The van der Waals surface area contributed by atoms with Crippen LogP contribution in [-0.4, -0.2) is 13.2 Å². The van der Waals surface area contributed by atoms with Crippen LogP contribution in [0, 0.1) is 0 Å². The van der Waals surface area contributed by atoms with Crippen LogP contribution in [0.3, 0.4) is 0 Å². The van der Waals surface area contributed by atoms with E-state index in [-0.39, 0.29) is 0 Å². The van der Waals surface area contributed by atoms with Crippen molar-refractivity contribution in [3.8, 4) is 11.5 Å². The van der Waals surface area contributed by atoms with Crippen molar-refractivity contribution in [1.82, 2.24) is 0 Å². The summed E-state index contributed by atoms with van der Waals surface area (Å²) in [7, 11) is 0. The number of rotatable bonds is 6. The van der Waals surface area contributed by atoms with Gasteiger partial charge in [-0.25, -0.2) is 0 Å². The van der Waals surface area contributed by atoms with Gasteiger partial charge in [0, 0.05) is 23.5 Å². The second-order valence-corrected chi connectivity index (χ2v) is 4.27. The van der Waals surface area contributed by atoms with E-state index in [0.29, 0.717) is 24.7 Å². The smallest absolute Gasteiger partial charge is 0.144 e. The molecular formula is C16H20N2O2. The second kappa shape index (κ2) is 6.70. The van der Waals surface area contributed by atoms with Crippen LogP contribution in [0.4, 0.5) is 17.1 Å². The number of ether oxygens (including phenoxy) is 2. The molecule has 0 aliphatic rings. The minimum absolute atomic E-state index is 0.591. The minimum atomic E-state index is 0.591. The van der Waals surface area contributed by atoms with Crippen molar-refractivity contribution in [2.45, 2.75) is 13.8 Å². The van der Waals surface area contributed by atoms with Crippen LogP contribution in [0.15, 0.2) is 42.5 Å². The number of anilines is 3. The largest absolute Gasteiger partial charge is 0.494 e. The molecule has 20 heavy (non-hydrogen) atoms. The summed E-state index contributed by atoms with van der Waals surface area (Å²) in [5.41, 5.74) is 8.39. The van der Waals surface area contributed by atoms with Crippen LogP contribution in [0.5, 0.6) is 11.5 Å². The van der Waals surface area contributed by atoms with Crippen LogP contribution >= 0.6 is 0 Å². The fraction of sp³-hybridized carbons (Fsp3) is 0.250. The summed E-state index contributed by atoms with van der Waals surface area (Å²) in [6.07, 6.45) is 0. The van der Waals surface area contributed by atoms with E-state index >= 15 is 0 Å². The predicted octanol–water partition coefficient (Wildman–Crippen LogP) is 3.81. The lowest BCUT2D eigenvalue weighted by atomic mass is 10.2. The molecule has 0 unspecified atom stereocenters. The van der Waals surface area contributed by atoms with Gasteiger partial charge in [0.1, 0.15) is 11.5 Å². The summed E-state index contributed by atoms with van der Waals surface area (Å²) in [6.45, 7) is 5.15. The molecule has 4 heteroatoms. The van der Waals surface area contributed by atoms with Gasteiger partial charge < -0.3 is 20.5 Å². The molecule has 0 fully saturated rings. The zero-order valence-electron chi connectivity index (χ0n) is 11.8. The molecular weight excluding hydrogens is 252 g/mol. The van der Waals surface area contributed by atoms with Crippen LogP contribution in [-0.2, 0) is 0 Å². The summed E-state index contributed by atoms with van der Waals surface area (Å²) in [6, 6.07) is 13.5. The Hall–Kier alpha value is -2.36. The van der Waals surface area contributed by atoms with Gasteiger partial charge in [0.05, 0.1) is 18.9 Å². The van der Waals surface area contributed by atoms with Gasteiger partial charge in [0.15, 0.2) is 0 Å². The van der Waals surface area contributed by atoms with E-state index in [1.807, 2.05) is 56.3 Å². The molecule has 0 aliphatic heterocycles. The van der Waals surface area contributed by atoms with Crippen LogP contribution < -0.4 is 20.5 Å². The quantitative estimate of drug-likeness (QED) is 0.785. The van der Waals surface area contributed by atoms with Crippen molar-refractivity contribution in [2.24, 2.45) is 0 Å². The Labute approximate surface area is 119 Å². The van der Waals surface area contributed by atoms with E-state index < -0.39 is 0 Å². The Morgan fingerprint density at radius 3 is 2.45 bits per heavy atom. The molecule has 0 bridgehead atoms. The lowest BCUT2D eigenvalue weighted by molar-refractivity contribution is 0.340. The molecule has 2 rings (SSSR count). The molecule has 0 amide bonds. The first kappa shape index (κ1) is 14.1. The number of nitrogen functional groups attached to an aromatic ring is 1. The molecule has 0 atom stereocenters. The first-order chi connectivity index (χ1) is 9.72. The highest BCUT2D eigenvalue weighted by Gasteiger charge is 2.03. The van der Waals surface area contributed by atoms with Crippen molar-refractivity contribution < 1.29 is 9.47 Å².